The molecule has 24 heavy (non-hydrogen) atoms. The van der Waals surface area contributed by atoms with Crippen LogP contribution in [0.25, 0.3) is 0 Å². The second-order valence-electron chi connectivity index (χ2n) is 7.13. The Morgan fingerprint density at radius 2 is 1.83 bits per heavy atom. The first-order valence-corrected chi connectivity index (χ1v) is 9.57. The normalized spacial score (nSPS) is 11.5. The zero-order valence-corrected chi connectivity index (χ0v) is 17.0. The molecular weight excluding hydrogens is 370 g/mol. The molecule has 1 aromatic heterocycles. The largest absolute Gasteiger partial charge is 0.457 e. The summed E-state index contributed by atoms with van der Waals surface area (Å²) in [5.41, 5.74) is 0.738. The summed E-state index contributed by atoms with van der Waals surface area (Å²) in [6.45, 7) is 11.5. The van der Waals surface area contributed by atoms with Crippen molar-refractivity contribution in [3.63, 3.8) is 0 Å². The number of aryl methyl sites for hydroxylation is 1. The van der Waals surface area contributed by atoms with Gasteiger partial charge in [-0.3, -0.25) is 0 Å². The van der Waals surface area contributed by atoms with Gasteiger partial charge in [-0.05, 0) is 49.5 Å². The van der Waals surface area contributed by atoms with Crippen molar-refractivity contribution in [3.8, 4) is 0 Å². The van der Waals surface area contributed by atoms with Crippen LogP contribution in [0.5, 0.6) is 0 Å². The first-order chi connectivity index (χ1) is 11.2. The predicted molar refractivity (Wildman–Crippen MR) is 100.0 cm³/mol. The predicted octanol–water partition coefficient (Wildman–Crippen LogP) is 5.78. The van der Waals surface area contributed by atoms with Crippen LogP contribution in [0, 0.1) is 0 Å². The second kappa shape index (κ2) is 10.0. The maximum Gasteiger partial charge on any atom is 0.334 e. The van der Waals surface area contributed by atoms with E-state index in [0.717, 1.165) is 18.5 Å². The third-order valence-electron chi connectivity index (χ3n) is 3.51. The van der Waals surface area contributed by atoms with Crippen molar-refractivity contribution in [3.05, 3.63) is 28.4 Å². The van der Waals surface area contributed by atoms with Crippen LogP contribution in [-0.4, -0.2) is 16.6 Å². The Labute approximate surface area is 154 Å². The first kappa shape index (κ1) is 20.9. The standard InChI is InChI=1S/C19H30BrNO3/c1-6-7-8-9-10-11-12-15-17(20)23-16(21-15)13-14(2)18(22)24-19(3,4)5/h2,6-13H2,1,3-5H3. The molecule has 0 radical (unpaired) electrons. The van der Waals surface area contributed by atoms with E-state index >= 15 is 0 Å². The number of hydrogen-bond donors (Lipinski definition) is 0. The number of aromatic nitrogens is 1. The molecule has 1 aromatic rings. The average molecular weight is 400 g/mol. The number of hydrogen-bond acceptors (Lipinski definition) is 4. The number of rotatable bonds is 10. The Balaban J connectivity index is 2.45. The number of carbonyl (C=O) groups excluding carboxylic acids is 1. The van der Waals surface area contributed by atoms with Gasteiger partial charge in [-0.2, -0.15) is 0 Å². The highest BCUT2D eigenvalue weighted by Gasteiger charge is 2.20. The van der Waals surface area contributed by atoms with Crippen LogP contribution in [0.4, 0.5) is 0 Å². The lowest BCUT2D eigenvalue weighted by Crippen LogP contribution is -2.25. The SMILES string of the molecule is C=C(Cc1nc(CCCCCCCC)c(Br)o1)C(=O)OC(C)(C)C. The highest BCUT2D eigenvalue weighted by Crippen LogP contribution is 2.22. The molecule has 0 spiro atoms. The molecule has 4 nitrogen and oxygen atoms in total. The smallest absolute Gasteiger partial charge is 0.334 e. The number of nitrogens with zero attached hydrogens (tertiary/aromatic N) is 1. The van der Waals surface area contributed by atoms with Gasteiger partial charge in [0.25, 0.3) is 0 Å². The van der Waals surface area contributed by atoms with E-state index in [9.17, 15) is 4.79 Å². The van der Waals surface area contributed by atoms with Gasteiger partial charge in [-0.1, -0.05) is 45.6 Å². The van der Waals surface area contributed by atoms with Crippen LogP contribution in [0.1, 0.15) is 77.8 Å². The molecule has 0 amide bonds. The van der Waals surface area contributed by atoms with Gasteiger partial charge in [-0.15, -0.1) is 0 Å². The van der Waals surface area contributed by atoms with Crippen molar-refractivity contribution in [2.45, 2.75) is 84.7 Å². The third kappa shape index (κ3) is 8.13. The Morgan fingerprint density at radius 3 is 2.46 bits per heavy atom. The maximum atomic E-state index is 11.9. The van der Waals surface area contributed by atoms with Crippen LogP contribution in [0.2, 0.25) is 0 Å². The summed E-state index contributed by atoms with van der Waals surface area (Å²) in [4.78, 5) is 16.4. The fraction of sp³-hybridized carbons (Fsp3) is 0.684. The highest BCUT2D eigenvalue weighted by molar-refractivity contribution is 9.10. The fourth-order valence-electron chi connectivity index (χ4n) is 2.29. The van der Waals surface area contributed by atoms with Crippen LogP contribution < -0.4 is 0 Å². The number of halogens is 1. The van der Waals surface area contributed by atoms with E-state index in [4.69, 9.17) is 9.15 Å². The minimum absolute atomic E-state index is 0.268. The summed E-state index contributed by atoms with van der Waals surface area (Å²) in [7, 11) is 0. The molecule has 0 fully saturated rings. The number of ether oxygens (including phenoxy) is 1. The van der Waals surface area contributed by atoms with Crippen molar-refractivity contribution in [1.82, 2.24) is 4.98 Å². The van der Waals surface area contributed by atoms with Crippen LogP contribution in [0.3, 0.4) is 0 Å². The molecule has 1 heterocycles. The molecule has 0 aromatic carbocycles. The van der Waals surface area contributed by atoms with Crippen molar-refractivity contribution in [1.29, 1.82) is 0 Å². The molecule has 0 saturated heterocycles. The molecule has 0 aliphatic carbocycles. The van der Waals surface area contributed by atoms with E-state index in [-0.39, 0.29) is 6.42 Å². The number of carbonyl (C=O) groups is 1. The Hall–Kier alpha value is -1.10. The van der Waals surface area contributed by atoms with Crippen molar-refractivity contribution in [2.24, 2.45) is 0 Å². The van der Waals surface area contributed by atoms with Gasteiger partial charge in [0, 0.05) is 5.57 Å². The van der Waals surface area contributed by atoms with Crippen molar-refractivity contribution >= 4 is 21.9 Å². The Bertz CT molecular complexity index is 543. The topological polar surface area (TPSA) is 52.3 Å². The molecule has 0 N–H and O–H groups in total. The minimum atomic E-state index is -0.528. The minimum Gasteiger partial charge on any atom is -0.457 e. The molecule has 0 atom stereocenters. The van der Waals surface area contributed by atoms with E-state index in [1.165, 1.54) is 32.1 Å². The van der Waals surface area contributed by atoms with Gasteiger partial charge in [0.1, 0.15) is 5.60 Å². The van der Waals surface area contributed by atoms with E-state index in [1.807, 2.05) is 20.8 Å². The number of oxazole rings is 1. The van der Waals surface area contributed by atoms with Crippen molar-refractivity contribution in [2.75, 3.05) is 0 Å². The first-order valence-electron chi connectivity index (χ1n) is 8.78. The molecule has 0 aliphatic heterocycles. The molecule has 5 heteroatoms. The molecule has 136 valence electrons. The quantitative estimate of drug-likeness (QED) is 0.284. The molecular formula is C19H30BrNO3. The van der Waals surface area contributed by atoms with Crippen LogP contribution >= 0.6 is 15.9 Å². The molecule has 1 rings (SSSR count). The van der Waals surface area contributed by atoms with E-state index in [1.54, 1.807) is 0 Å². The molecule has 0 bridgehead atoms. The summed E-state index contributed by atoms with van der Waals surface area (Å²) in [6, 6.07) is 0. The Morgan fingerprint density at radius 1 is 1.21 bits per heavy atom. The summed E-state index contributed by atoms with van der Waals surface area (Å²) in [6.07, 6.45) is 8.60. The zero-order chi connectivity index (χ0) is 18.2. The van der Waals surface area contributed by atoms with Crippen LogP contribution in [0.15, 0.2) is 21.2 Å². The van der Waals surface area contributed by atoms with Crippen molar-refractivity contribution < 1.29 is 13.9 Å². The molecule has 0 saturated carbocycles. The zero-order valence-electron chi connectivity index (χ0n) is 15.4. The summed E-state index contributed by atoms with van der Waals surface area (Å²) < 4.78 is 11.6. The van der Waals surface area contributed by atoms with Gasteiger partial charge in [0.05, 0.1) is 12.1 Å². The van der Waals surface area contributed by atoms with E-state index in [0.29, 0.717) is 16.1 Å². The number of esters is 1. The maximum absolute atomic E-state index is 11.9. The lowest BCUT2D eigenvalue weighted by molar-refractivity contribution is -0.150. The number of unbranched alkanes of at least 4 members (excludes halogenated alkanes) is 5. The van der Waals surface area contributed by atoms with Gasteiger partial charge in [0.15, 0.2) is 4.67 Å². The fourth-order valence-corrected chi connectivity index (χ4v) is 2.76. The van der Waals surface area contributed by atoms with E-state index in [2.05, 4.69) is 34.4 Å². The average Bonchev–Trinajstić information content (AvgIpc) is 2.80. The van der Waals surface area contributed by atoms with Gasteiger partial charge in [0.2, 0.25) is 5.89 Å². The van der Waals surface area contributed by atoms with Gasteiger partial charge < -0.3 is 9.15 Å². The lowest BCUT2D eigenvalue weighted by atomic mass is 10.1. The Kier molecular flexibility index (Phi) is 8.74. The van der Waals surface area contributed by atoms with Gasteiger partial charge >= 0.3 is 5.97 Å². The summed E-state index contributed by atoms with van der Waals surface area (Å²) >= 11 is 3.41. The molecule has 0 unspecified atom stereocenters. The lowest BCUT2D eigenvalue weighted by Gasteiger charge is -2.19. The van der Waals surface area contributed by atoms with Gasteiger partial charge in [-0.25, -0.2) is 9.78 Å². The van der Waals surface area contributed by atoms with Crippen LogP contribution in [-0.2, 0) is 22.4 Å². The third-order valence-corrected chi connectivity index (χ3v) is 4.13. The summed E-state index contributed by atoms with van der Waals surface area (Å²) in [5.74, 6) is 0.0908. The molecule has 0 aliphatic rings. The monoisotopic (exact) mass is 399 g/mol. The highest BCUT2D eigenvalue weighted by atomic mass is 79.9. The summed E-state index contributed by atoms with van der Waals surface area (Å²) in [5, 5.41) is 0. The van der Waals surface area contributed by atoms with E-state index < -0.39 is 11.6 Å². The second-order valence-corrected chi connectivity index (χ2v) is 7.85.